The van der Waals surface area contributed by atoms with Crippen LogP contribution in [0.25, 0.3) is 11.3 Å². The standard InChI is InChI=1S/C17H14FN5O/c18-12-3-1-11(2-4-12)16-13-10-23(8-5-14(13)21-22-16)17(24)15-9-19-6-7-20-15/h1-4,6-7,9H,5,8,10H2,(H,21,22). The maximum atomic E-state index is 13.1. The van der Waals surface area contributed by atoms with Crippen LogP contribution in [0, 0.1) is 5.82 Å². The van der Waals surface area contributed by atoms with Crippen LogP contribution in [0.5, 0.6) is 0 Å². The average molecular weight is 323 g/mol. The van der Waals surface area contributed by atoms with Gasteiger partial charge in [0.15, 0.2) is 0 Å². The molecular formula is C17H14FN5O. The zero-order chi connectivity index (χ0) is 16.5. The minimum Gasteiger partial charge on any atom is -0.332 e. The second kappa shape index (κ2) is 5.84. The second-order valence-electron chi connectivity index (χ2n) is 5.60. The highest BCUT2D eigenvalue weighted by Gasteiger charge is 2.27. The largest absolute Gasteiger partial charge is 0.332 e. The third-order valence-electron chi connectivity index (χ3n) is 4.12. The van der Waals surface area contributed by atoms with Crippen molar-refractivity contribution >= 4 is 5.91 Å². The van der Waals surface area contributed by atoms with Gasteiger partial charge in [0.1, 0.15) is 11.5 Å². The molecule has 1 N–H and O–H groups in total. The number of halogens is 1. The predicted octanol–water partition coefficient (Wildman–Crippen LogP) is 2.20. The Bertz CT molecular complexity index is 876. The first kappa shape index (κ1) is 14.5. The molecular weight excluding hydrogens is 309 g/mol. The summed E-state index contributed by atoms with van der Waals surface area (Å²) in [5.74, 6) is -0.442. The number of hydrogen-bond donors (Lipinski definition) is 1. The number of fused-ring (bicyclic) bond motifs is 1. The molecule has 0 saturated carbocycles. The van der Waals surface area contributed by atoms with Gasteiger partial charge in [-0.05, 0) is 24.3 Å². The summed E-state index contributed by atoms with van der Waals surface area (Å²) in [4.78, 5) is 22.3. The topological polar surface area (TPSA) is 74.8 Å². The van der Waals surface area contributed by atoms with Gasteiger partial charge in [-0.1, -0.05) is 0 Å². The van der Waals surface area contributed by atoms with E-state index in [9.17, 15) is 9.18 Å². The summed E-state index contributed by atoms with van der Waals surface area (Å²) in [7, 11) is 0. The summed E-state index contributed by atoms with van der Waals surface area (Å²) in [6.45, 7) is 1.03. The first-order chi connectivity index (χ1) is 11.7. The number of carbonyl (C=O) groups is 1. The molecule has 0 saturated heterocycles. The second-order valence-corrected chi connectivity index (χ2v) is 5.60. The molecule has 0 bridgehead atoms. The van der Waals surface area contributed by atoms with Gasteiger partial charge in [0.05, 0.1) is 18.4 Å². The molecule has 1 aromatic carbocycles. The molecule has 0 aliphatic carbocycles. The molecule has 0 radical (unpaired) electrons. The Hall–Kier alpha value is -3.09. The minimum absolute atomic E-state index is 0.153. The Labute approximate surface area is 137 Å². The highest BCUT2D eigenvalue weighted by molar-refractivity contribution is 5.92. The molecule has 2 aromatic heterocycles. The van der Waals surface area contributed by atoms with Crippen molar-refractivity contribution in [2.75, 3.05) is 6.54 Å². The Morgan fingerprint density at radius 2 is 2.04 bits per heavy atom. The molecule has 24 heavy (non-hydrogen) atoms. The van der Waals surface area contributed by atoms with Crippen LogP contribution < -0.4 is 0 Å². The summed E-state index contributed by atoms with van der Waals surface area (Å²) in [6.07, 6.45) is 5.20. The van der Waals surface area contributed by atoms with E-state index < -0.39 is 0 Å². The van der Waals surface area contributed by atoms with Crippen molar-refractivity contribution in [3.63, 3.8) is 0 Å². The smallest absolute Gasteiger partial charge is 0.274 e. The van der Waals surface area contributed by atoms with Gasteiger partial charge in [-0.3, -0.25) is 14.9 Å². The number of benzene rings is 1. The van der Waals surface area contributed by atoms with E-state index in [0.29, 0.717) is 25.2 Å². The summed E-state index contributed by atoms with van der Waals surface area (Å²) < 4.78 is 13.1. The van der Waals surface area contributed by atoms with Crippen LogP contribution in [0.3, 0.4) is 0 Å². The molecule has 0 spiro atoms. The quantitative estimate of drug-likeness (QED) is 0.784. The summed E-state index contributed by atoms with van der Waals surface area (Å²) in [5, 5.41) is 7.38. The van der Waals surface area contributed by atoms with Crippen molar-refractivity contribution in [1.82, 2.24) is 25.1 Å². The van der Waals surface area contributed by atoms with Crippen LogP contribution >= 0.6 is 0 Å². The number of hydrogen-bond acceptors (Lipinski definition) is 4. The molecule has 1 amide bonds. The van der Waals surface area contributed by atoms with Crippen LogP contribution in [-0.2, 0) is 13.0 Å². The number of rotatable bonds is 2. The van der Waals surface area contributed by atoms with Crippen molar-refractivity contribution in [2.24, 2.45) is 0 Å². The molecule has 1 aliphatic heterocycles. The molecule has 0 fully saturated rings. The zero-order valence-electron chi connectivity index (χ0n) is 12.7. The first-order valence-electron chi connectivity index (χ1n) is 7.60. The Kier molecular flexibility index (Phi) is 3.53. The normalized spacial score (nSPS) is 13.6. The molecule has 0 unspecified atom stereocenters. The lowest BCUT2D eigenvalue weighted by Gasteiger charge is -2.26. The van der Waals surface area contributed by atoms with E-state index in [4.69, 9.17) is 0 Å². The minimum atomic E-state index is -0.289. The van der Waals surface area contributed by atoms with E-state index in [1.807, 2.05) is 0 Å². The SMILES string of the molecule is O=C(c1cnccn1)N1CCc2[nH]nc(-c3ccc(F)cc3)c2C1. The predicted molar refractivity (Wildman–Crippen MR) is 84.5 cm³/mol. The molecule has 3 aromatic rings. The Morgan fingerprint density at radius 1 is 1.21 bits per heavy atom. The summed E-state index contributed by atoms with van der Waals surface area (Å²) in [5.41, 5.74) is 3.87. The maximum absolute atomic E-state index is 13.1. The van der Waals surface area contributed by atoms with Gasteiger partial charge in [0, 0.05) is 42.2 Å². The number of carbonyl (C=O) groups excluding carboxylic acids is 1. The maximum Gasteiger partial charge on any atom is 0.274 e. The van der Waals surface area contributed by atoms with E-state index in [-0.39, 0.29) is 11.7 Å². The van der Waals surface area contributed by atoms with Crippen molar-refractivity contribution in [3.05, 3.63) is 65.6 Å². The monoisotopic (exact) mass is 323 g/mol. The molecule has 3 heterocycles. The fourth-order valence-electron chi connectivity index (χ4n) is 2.89. The van der Waals surface area contributed by atoms with Gasteiger partial charge >= 0.3 is 0 Å². The van der Waals surface area contributed by atoms with Gasteiger partial charge in [-0.25, -0.2) is 9.37 Å². The first-order valence-corrected chi connectivity index (χ1v) is 7.60. The fraction of sp³-hybridized carbons (Fsp3) is 0.176. The third kappa shape index (κ3) is 2.54. The number of aromatic nitrogens is 4. The average Bonchev–Trinajstić information content (AvgIpc) is 3.05. The number of nitrogens with one attached hydrogen (secondary N) is 1. The van der Waals surface area contributed by atoms with Crippen LogP contribution in [0.1, 0.15) is 21.7 Å². The number of aromatic amines is 1. The van der Waals surface area contributed by atoms with E-state index in [1.54, 1.807) is 17.0 Å². The summed E-state index contributed by atoms with van der Waals surface area (Å²) >= 11 is 0. The number of H-pyrrole nitrogens is 1. The van der Waals surface area contributed by atoms with E-state index >= 15 is 0 Å². The molecule has 120 valence electrons. The number of amides is 1. The summed E-state index contributed by atoms with van der Waals surface area (Å²) in [6, 6.07) is 6.19. The molecule has 1 aliphatic rings. The van der Waals surface area contributed by atoms with Crippen molar-refractivity contribution in [1.29, 1.82) is 0 Å². The van der Waals surface area contributed by atoms with Crippen LogP contribution in [0.4, 0.5) is 4.39 Å². The van der Waals surface area contributed by atoms with Gasteiger partial charge in [-0.15, -0.1) is 0 Å². The van der Waals surface area contributed by atoms with Crippen LogP contribution in [-0.4, -0.2) is 37.5 Å². The van der Waals surface area contributed by atoms with Crippen LogP contribution in [0.15, 0.2) is 42.9 Å². The van der Waals surface area contributed by atoms with Crippen molar-refractivity contribution < 1.29 is 9.18 Å². The lowest BCUT2D eigenvalue weighted by Crippen LogP contribution is -2.36. The molecule has 6 nitrogen and oxygen atoms in total. The molecule has 0 atom stereocenters. The van der Waals surface area contributed by atoms with E-state index in [0.717, 1.165) is 22.5 Å². The molecule has 7 heteroatoms. The van der Waals surface area contributed by atoms with Gasteiger partial charge in [-0.2, -0.15) is 5.10 Å². The highest BCUT2D eigenvalue weighted by Crippen LogP contribution is 2.28. The van der Waals surface area contributed by atoms with Crippen LogP contribution in [0.2, 0.25) is 0 Å². The van der Waals surface area contributed by atoms with E-state index in [2.05, 4.69) is 20.2 Å². The zero-order valence-corrected chi connectivity index (χ0v) is 12.7. The third-order valence-corrected chi connectivity index (χ3v) is 4.12. The van der Waals surface area contributed by atoms with Gasteiger partial charge in [0.25, 0.3) is 5.91 Å². The lowest BCUT2D eigenvalue weighted by molar-refractivity contribution is 0.0728. The van der Waals surface area contributed by atoms with Crippen molar-refractivity contribution in [2.45, 2.75) is 13.0 Å². The Morgan fingerprint density at radius 3 is 2.79 bits per heavy atom. The van der Waals surface area contributed by atoms with Gasteiger partial charge < -0.3 is 4.90 Å². The fourth-order valence-corrected chi connectivity index (χ4v) is 2.89. The number of nitrogens with zero attached hydrogens (tertiary/aromatic N) is 4. The molecule has 4 rings (SSSR count). The highest BCUT2D eigenvalue weighted by atomic mass is 19.1. The van der Waals surface area contributed by atoms with Crippen molar-refractivity contribution in [3.8, 4) is 11.3 Å². The van der Waals surface area contributed by atoms with E-state index in [1.165, 1.54) is 30.7 Å². The Balaban J connectivity index is 1.64. The van der Waals surface area contributed by atoms with Gasteiger partial charge in [0.2, 0.25) is 0 Å². The lowest BCUT2D eigenvalue weighted by atomic mass is 10.0.